The van der Waals surface area contributed by atoms with Gasteiger partial charge in [-0.2, -0.15) is 0 Å². The second kappa shape index (κ2) is 5.15. The highest BCUT2D eigenvalue weighted by molar-refractivity contribution is 7.10. The third kappa shape index (κ3) is 2.40. The Morgan fingerprint density at radius 3 is 2.75 bits per heavy atom. The van der Waals surface area contributed by atoms with E-state index in [9.17, 15) is 4.79 Å². The molecule has 2 heterocycles. The first-order valence-electron chi connectivity index (χ1n) is 7.60. The molecule has 0 radical (unpaired) electrons. The first-order chi connectivity index (χ1) is 9.50. The Morgan fingerprint density at radius 1 is 1.50 bits per heavy atom. The fourth-order valence-electron chi connectivity index (χ4n) is 3.32. The zero-order valence-corrected chi connectivity index (χ0v) is 13.4. The largest absolute Gasteiger partial charge is 0.320 e. The molecule has 1 aromatic heterocycles. The van der Waals surface area contributed by atoms with E-state index in [-0.39, 0.29) is 18.1 Å². The van der Waals surface area contributed by atoms with E-state index in [1.54, 1.807) is 11.3 Å². The van der Waals surface area contributed by atoms with Crippen LogP contribution in [0.4, 0.5) is 0 Å². The second-order valence-corrected chi connectivity index (χ2v) is 7.92. The van der Waals surface area contributed by atoms with E-state index in [4.69, 9.17) is 0 Å². The molecule has 1 amide bonds. The number of hydrogen-bond acceptors (Lipinski definition) is 3. The Balaban J connectivity index is 1.84. The quantitative estimate of drug-likeness (QED) is 0.922. The lowest BCUT2D eigenvalue weighted by molar-refractivity contribution is -0.133. The first kappa shape index (κ1) is 14.1. The van der Waals surface area contributed by atoms with Crippen molar-refractivity contribution in [2.45, 2.75) is 52.2 Å². The molecule has 110 valence electrons. The van der Waals surface area contributed by atoms with E-state index < -0.39 is 0 Å². The van der Waals surface area contributed by atoms with Gasteiger partial charge in [0, 0.05) is 11.4 Å². The SMILES string of the molecule is CC(C)C1NC(c2cccs2)N(CC2(C)CCC2)C1=O. The number of rotatable bonds is 4. The van der Waals surface area contributed by atoms with Crippen molar-refractivity contribution in [1.29, 1.82) is 0 Å². The van der Waals surface area contributed by atoms with Gasteiger partial charge >= 0.3 is 0 Å². The summed E-state index contributed by atoms with van der Waals surface area (Å²) in [6.45, 7) is 7.45. The molecule has 1 aliphatic heterocycles. The Labute approximate surface area is 125 Å². The van der Waals surface area contributed by atoms with Crippen LogP contribution in [0.15, 0.2) is 17.5 Å². The minimum atomic E-state index is -0.0363. The summed E-state index contributed by atoms with van der Waals surface area (Å²) in [4.78, 5) is 16.1. The minimum Gasteiger partial charge on any atom is -0.320 e. The number of carbonyl (C=O) groups excluding carboxylic acids is 1. The standard InChI is InChI=1S/C16H24N2OS/c1-11(2)13-15(19)18(10-16(3)7-5-8-16)14(17-13)12-6-4-9-20-12/h4,6,9,11,13-14,17H,5,7-8,10H2,1-3H3. The molecule has 0 spiro atoms. The molecule has 3 nitrogen and oxygen atoms in total. The van der Waals surface area contributed by atoms with Gasteiger partial charge in [-0.25, -0.2) is 0 Å². The molecule has 4 heteroatoms. The van der Waals surface area contributed by atoms with Gasteiger partial charge in [-0.05, 0) is 35.6 Å². The molecular formula is C16H24N2OS. The lowest BCUT2D eigenvalue weighted by Crippen LogP contribution is -2.43. The van der Waals surface area contributed by atoms with Crippen LogP contribution in [0.3, 0.4) is 0 Å². The van der Waals surface area contributed by atoms with Crippen molar-refractivity contribution >= 4 is 17.2 Å². The number of nitrogens with one attached hydrogen (secondary N) is 1. The zero-order valence-electron chi connectivity index (χ0n) is 12.6. The molecule has 1 saturated heterocycles. The molecule has 3 rings (SSSR count). The minimum absolute atomic E-state index is 0.0363. The van der Waals surface area contributed by atoms with E-state index in [1.165, 1.54) is 24.1 Å². The van der Waals surface area contributed by atoms with Gasteiger partial charge in [0.2, 0.25) is 5.91 Å². The lowest BCUT2D eigenvalue weighted by atomic mass is 9.70. The molecule has 1 aliphatic carbocycles. The number of nitrogens with zero attached hydrogens (tertiary/aromatic N) is 1. The predicted molar refractivity (Wildman–Crippen MR) is 82.5 cm³/mol. The predicted octanol–water partition coefficient (Wildman–Crippen LogP) is 3.39. The Bertz CT molecular complexity index is 479. The molecule has 1 N–H and O–H groups in total. The van der Waals surface area contributed by atoms with Crippen LogP contribution < -0.4 is 5.32 Å². The van der Waals surface area contributed by atoms with Crippen LogP contribution in [0.5, 0.6) is 0 Å². The average molecular weight is 292 g/mol. The van der Waals surface area contributed by atoms with Crippen LogP contribution in [-0.4, -0.2) is 23.4 Å². The molecule has 0 aromatic carbocycles. The van der Waals surface area contributed by atoms with E-state index >= 15 is 0 Å². The van der Waals surface area contributed by atoms with Gasteiger partial charge in [0.25, 0.3) is 0 Å². The molecule has 2 atom stereocenters. The summed E-state index contributed by atoms with van der Waals surface area (Å²) in [7, 11) is 0. The Kier molecular flexibility index (Phi) is 3.63. The Hall–Kier alpha value is -0.870. The number of carbonyl (C=O) groups is 1. The summed E-state index contributed by atoms with van der Waals surface area (Å²) in [5.41, 5.74) is 0.332. The van der Waals surface area contributed by atoms with Crippen LogP contribution in [0.2, 0.25) is 0 Å². The van der Waals surface area contributed by atoms with Crippen molar-refractivity contribution < 1.29 is 4.79 Å². The fourth-order valence-corrected chi connectivity index (χ4v) is 4.11. The highest BCUT2D eigenvalue weighted by Gasteiger charge is 2.45. The van der Waals surface area contributed by atoms with Crippen molar-refractivity contribution in [3.05, 3.63) is 22.4 Å². The topological polar surface area (TPSA) is 32.3 Å². The van der Waals surface area contributed by atoms with Gasteiger partial charge in [-0.3, -0.25) is 10.1 Å². The summed E-state index contributed by atoms with van der Waals surface area (Å²) >= 11 is 1.73. The maximum atomic E-state index is 12.7. The molecular weight excluding hydrogens is 268 g/mol. The maximum Gasteiger partial charge on any atom is 0.241 e. The highest BCUT2D eigenvalue weighted by Crippen LogP contribution is 2.43. The molecule has 0 bridgehead atoms. The third-order valence-electron chi connectivity index (χ3n) is 4.79. The number of hydrogen-bond donors (Lipinski definition) is 1. The molecule has 1 saturated carbocycles. The van der Waals surface area contributed by atoms with Crippen molar-refractivity contribution in [3.8, 4) is 0 Å². The van der Waals surface area contributed by atoms with Crippen LogP contribution in [-0.2, 0) is 4.79 Å². The van der Waals surface area contributed by atoms with Crippen LogP contribution in [0.1, 0.15) is 51.1 Å². The summed E-state index contributed by atoms with van der Waals surface area (Å²) in [5.74, 6) is 0.621. The van der Waals surface area contributed by atoms with E-state index in [0.29, 0.717) is 11.3 Å². The van der Waals surface area contributed by atoms with E-state index in [0.717, 1.165) is 6.54 Å². The molecule has 2 unspecified atom stereocenters. The van der Waals surface area contributed by atoms with Gasteiger partial charge in [0.1, 0.15) is 6.17 Å². The normalized spacial score (nSPS) is 29.0. The second-order valence-electron chi connectivity index (χ2n) is 6.94. The first-order valence-corrected chi connectivity index (χ1v) is 8.48. The van der Waals surface area contributed by atoms with Crippen LogP contribution >= 0.6 is 11.3 Å². The van der Waals surface area contributed by atoms with Gasteiger partial charge in [0.15, 0.2) is 0 Å². The van der Waals surface area contributed by atoms with Crippen molar-refractivity contribution in [2.24, 2.45) is 11.3 Å². The molecule has 2 fully saturated rings. The van der Waals surface area contributed by atoms with Gasteiger partial charge in [0.05, 0.1) is 6.04 Å². The van der Waals surface area contributed by atoms with Crippen LogP contribution in [0, 0.1) is 11.3 Å². The summed E-state index contributed by atoms with van der Waals surface area (Å²) < 4.78 is 0. The van der Waals surface area contributed by atoms with Crippen molar-refractivity contribution in [3.63, 3.8) is 0 Å². The van der Waals surface area contributed by atoms with Crippen LogP contribution in [0.25, 0.3) is 0 Å². The summed E-state index contributed by atoms with van der Waals surface area (Å²) in [6.07, 6.45) is 3.89. The highest BCUT2D eigenvalue weighted by atomic mass is 32.1. The smallest absolute Gasteiger partial charge is 0.241 e. The molecule has 2 aliphatic rings. The lowest BCUT2D eigenvalue weighted by Gasteiger charge is -2.42. The third-order valence-corrected chi connectivity index (χ3v) is 5.72. The Morgan fingerprint density at radius 2 is 2.25 bits per heavy atom. The average Bonchev–Trinajstić information content (AvgIpc) is 2.97. The molecule has 1 aromatic rings. The summed E-state index contributed by atoms with van der Waals surface area (Å²) in [6, 6.07) is 4.16. The van der Waals surface area contributed by atoms with E-state index in [1.807, 2.05) is 0 Å². The van der Waals surface area contributed by atoms with Crippen molar-refractivity contribution in [2.75, 3.05) is 6.54 Å². The van der Waals surface area contributed by atoms with Gasteiger partial charge < -0.3 is 4.90 Å². The van der Waals surface area contributed by atoms with E-state index in [2.05, 4.69) is 48.5 Å². The molecule has 20 heavy (non-hydrogen) atoms. The fraction of sp³-hybridized carbons (Fsp3) is 0.688. The number of amides is 1. The monoisotopic (exact) mass is 292 g/mol. The maximum absolute atomic E-state index is 12.7. The summed E-state index contributed by atoms with van der Waals surface area (Å²) in [5, 5.41) is 5.64. The van der Waals surface area contributed by atoms with Crippen molar-refractivity contribution in [1.82, 2.24) is 10.2 Å². The van der Waals surface area contributed by atoms with Gasteiger partial charge in [-0.1, -0.05) is 33.3 Å². The number of thiophene rings is 1. The van der Waals surface area contributed by atoms with Gasteiger partial charge in [-0.15, -0.1) is 11.3 Å². The zero-order chi connectivity index (χ0) is 14.3.